The van der Waals surface area contributed by atoms with Crippen molar-refractivity contribution in [2.45, 2.75) is 25.9 Å². The first-order valence-electron chi connectivity index (χ1n) is 7.77. The summed E-state index contributed by atoms with van der Waals surface area (Å²) in [6.45, 7) is 1.34. The van der Waals surface area contributed by atoms with Crippen LogP contribution in [0.25, 0.3) is 11.3 Å². The van der Waals surface area contributed by atoms with E-state index < -0.39 is 0 Å². The molecule has 2 aromatic heterocycles. The number of halogens is 3. The van der Waals surface area contributed by atoms with Crippen molar-refractivity contribution in [2.24, 2.45) is 0 Å². The number of Topliss-reactive ketones (excluding diaryl/α,β-unsaturated/α-hetero) is 1. The summed E-state index contributed by atoms with van der Waals surface area (Å²) in [5, 5.41) is 3.03. The van der Waals surface area contributed by atoms with Gasteiger partial charge in [0.25, 0.3) is 5.82 Å². The van der Waals surface area contributed by atoms with Gasteiger partial charge in [0.05, 0.1) is 27.9 Å². The van der Waals surface area contributed by atoms with Crippen LogP contribution in [0.1, 0.15) is 21.9 Å². The Hall–Kier alpha value is -1.14. The number of thiophene rings is 1. The van der Waals surface area contributed by atoms with E-state index >= 15 is 0 Å². The molecule has 0 saturated heterocycles. The Kier molecular flexibility index (Phi) is 5.68. The molecule has 130 valence electrons. The maximum Gasteiger partial charge on any atom is 0.257 e. The zero-order chi connectivity index (χ0) is 16.7. The zero-order valence-electron chi connectivity index (χ0n) is 13.2. The molecule has 3 heterocycles. The molecule has 3 nitrogen and oxygen atoms in total. The summed E-state index contributed by atoms with van der Waals surface area (Å²) in [6, 6.07) is 9.46. The lowest BCUT2D eigenvalue weighted by molar-refractivity contribution is -0.689. The lowest BCUT2D eigenvalue weighted by Gasteiger charge is -2.01. The van der Waals surface area contributed by atoms with Gasteiger partial charge >= 0.3 is 0 Å². The molecule has 0 atom stereocenters. The predicted octanol–water partition coefficient (Wildman–Crippen LogP) is 1.64. The van der Waals surface area contributed by atoms with E-state index in [9.17, 15) is 4.79 Å². The van der Waals surface area contributed by atoms with E-state index in [0.29, 0.717) is 16.6 Å². The Morgan fingerprint density at radius 2 is 2.08 bits per heavy atom. The SMILES string of the molecule is O=C(C[n+]1cc(-c2ccc(Cl)c(Cl)c2)n2c1CCC2)c1cccs1.[Br-]. The van der Waals surface area contributed by atoms with Crippen molar-refractivity contribution >= 4 is 40.3 Å². The molecule has 1 aliphatic rings. The van der Waals surface area contributed by atoms with Crippen molar-refractivity contribution in [3.05, 3.63) is 62.7 Å². The van der Waals surface area contributed by atoms with Crippen LogP contribution in [0.5, 0.6) is 0 Å². The number of fused-ring (bicyclic) bond motifs is 1. The molecule has 0 saturated carbocycles. The molecule has 0 aliphatic carbocycles. The fourth-order valence-corrected chi connectivity index (χ4v) is 4.16. The monoisotopic (exact) mass is 456 g/mol. The minimum absolute atomic E-state index is 0. The molecule has 0 N–H and O–H groups in total. The third-order valence-electron chi connectivity index (χ3n) is 4.32. The molecule has 0 radical (unpaired) electrons. The Balaban J connectivity index is 0.00000182. The number of imidazole rings is 1. The Morgan fingerprint density at radius 1 is 1.24 bits per heavy atom. The van der Waals surface area contributed by atoms with E-state index in [-0.39, 0.29) is 22.8 Å². The molecule has 7 heteroatoms. The van der Waals surface area contributed by atoms with Crippen LogP contribution in [-0.4, -0.2) is 10.4 Å². The van der Waals surface area contributed by atoms with Gasteiger partial charge in [-0.1, -0.05) is 29.3 Å². The molecule has 0 amide bonds. The topological polar surface area (TPSA) is 25.9 Å². The normalized spacial score (nSPS) is 12.7. The largest absolute Gasteiger partial charge is 1.00 e. The first-order valence-corrected chi connectivity index (χ1v) is 9.41. The van der Waals surface area contributed by atoms with Crippen LogP contribution < -0.4 is 21.5 Å². The van der Waals surface area contributed by atoms with Gasteiger partial charge in [0.1, 0.15) is 6.20 Å². The van der Waals surface area contributed by atoms with Crippen LogP contribution >= 0.6 is 34.5 Å². The quantitative estimate of drug-likeness (QED) is 0.432. The molecular formula is C18H15BrCl2N2OS. The molecule has 0 fully saturated rings. The van der Waals surface area contributed by atoms with Gasteiger partial charge in [-0.15, -0.1) is 11.3 Å². The fourth-order valence-electron chi connectivity index (χ4n) is 3.20. The molecule has 25 heavy (non-hydrogen) atoms. The smallest absolute Gasteiger partial charge is 0.257 e. The maximum atomic E-state index is 12.5. The summed E-state index contributed by atoms with van der Waals surface area (Å²) in [6.07, 6.45) is 4.14. The molecule has 0 unspecified atom stereocenters. The fraction of sp³-hybridized carbons (Fsp3) is 0.222. The average Bonchev–Trinajstić information content (AvgIpc) is 3.28. The van der Waals surface area contributed by atoms with Gasteiger partial charge in [-0.05, 0) is 36.1 Å². The Morgan fingerprint density at radius 3 is 2.80 bits per heavy atom. The third-order valence-corrected chi connectivity index (χ3v) is 5.97. The number of ketones is 1. The van der Waals surface area contributed by atoms with Gasteiger partial charge in [-0.25, -0.2) is 9.13 Å². The summed E-state index contributed by atoms with van der Waals surface area (Å²) in [5.74, 6) is 1.34. The van der Waals surface area contributed by atoms with Crippen molar-refractivity contribution in [1.29, 1.82) is 0 Å². The lowest BCUT2D eigenvalue weighted by Crippen LogP contribution is -3.00. The molecule has 4 rings (SSSR count). The van der Waals surface area contributed by atoms with E-state index in [2.05, 4.69) is 15.3 Å². The van der Waals surface area contributed by atoms with Crippen LogP contribution in [0.4, 0.5) is 0 Å². The lowest BCUT2D eigenvalue weighted by atomic mass is 10.1. The van der Waals surface area contributed by atoms with E-state index in [0.717, 1.165) is 35.5 Å². The zero-order valence-corrected chi connectivity index (χ0v) is 17.1. The van der Waals surface area contributed by atoms with Gasteiger partial charge in [0.15, 0.2) is 12.2 Å². The van der Waals surface area contributed by atoms with E-state index in [1.54, 1.807) is 0 Å². The second-order valence-electron chi connectivity index (χ2n) is 5.84. The van der Waals surface area contributed by atoms with Gasteiger partial charge in [0.2, 0.25) is 5.78 Å². The van der Waals surface area contributed by atoms with Crippen molar-refractivity contribution < 1.29 is 26.3 Å². The summed E-state index contributed by atoms with van der Waals surface area (Å²) >= 11 is 13.7. The van der Waals surface area contributed by atoms with Gasteiger partial charge in [0, 0.05) is 5.56 Å². The minimum atomic E-state index is 0. The number of nitrogens with zero attached hydrogens (tertiary/aromatic N) is 2. The van der Waals surface area contributed by atoms with Crippen LogP contribution in [-0.2, 0) is 19.5 Å². The van der Waals surface area contributed by atoms with Crippen LogP contribution in [0.3, 0.4) is 0 Å². The number of carbonyl (C=O) groups excluding carboxylic acids is 1. The van der Waals surface area contributed by atoms with Crippen LogP contribution in [0, 0.1) is 0 Å². The molecular weight excluding hydrogens is 443 g/mol. The molecule has 1 aromatic carbocycles. The van der Waals surface area contributed by atoms with E-state index in [4.69, 9.17) is 23.2 Å². The van der Waals surface area contributed by atoms with E-state index in [1.165, 1.54) is 17.2 Å². The summed E-state index contributed by atoms with van der Waals surface area (Å²) in [4.78, 5) is 13.3. The van der Waals surface area contributed by atoms with Crippen LogP contribution in [0.2, 0.25) is 10.0 Å². The second kappa shape index (κ2) is 7.62. The van der Waals surface area contributed by atoms with Crippen molar-refractivity contribution in [3.63, 3.8) is 0 Å². The highest BCUT2D eigenvalue weighted by Gasteiger charge is 2.30. The van der Waals surface area contributed by atoms with Gasteiger partial charge in [-0.2, -0.15) is 0 Å². The molecule has 1 aliphatic heterocycles. The average molecular weight is 458 g/mol. The van der Waals surface area contributed by atoms with E-state index in [1.807, 2.05) is 35.7 Å². The summed E-state index contributed by atoms with van der Waals surface area (Å²) < 4.78 is 4.36. The maximum absolute atomic E-state index is 12.5. The molecule has 0 spiro atoms. The number of carbonyl (C=O) groups is 1. The number of hydrogen-bond donors (Lipinski definition) is 0. The third kappa shape index (κ3) is 3.56. The minimum Gasteiger partial charge on any atom is -1.00 e. The number of rotatable bonds is 4. The number of aromatic nitrogens is 2. The predicted molar refractivity (Wildman–Crippen MR) is 97.1 cm³/mol. The second-order valence-corrected chi connectivity index (χ2v) is 7.61. The van der Waals surface area contributed by atoms with Gasteiger partial charge in [-0.3, -0.25) is 4.79 Å². The number of hydrogen-bond acceptors (Lipinski definition) is 2. The van der Waals surface area contributed by atoms with Crippen molar-refractivity contribution in [2.75, 3.05) is 0 Å². The highest BCUT2D eigenvalue weighted by molar-refractivity contribution is 7.12. The standard InChI is InChI=1S/C18H15Cl2N2OS.BrH/c19-13-6-5-12(9-14(13)20)15-10-21(18-4-1-7-22(15)18)11-16(23)17-3-2-8-24-17;/h2-3,5-6,8-10H,1,4,7,11H2;1H/q+1;/p-1. The Bertz CT molecular complexity index is 922. The summed E-state index contributed by atoms with van der Waals surface area (Å²) in [5.41, 5.74) is 2.11. The van der Waals surface area contributed by atoms with Crippen molar-refractivity contribution in [3.8, 4) is 11.3 Å². The highest BCUT2D eigenvalue weighted by atomic mass is 79.9. The molecule has 3 aromatic rings. The van der Waals surface area contributed by atoms with Crippen molar-refractivity contribution in [1.82, 2.24) is 4.57 Å². The van der Waals surface area contributed by atoms with Gasteiger partial charge < -0.3 is 17.0 Å². The first-order chi connectivity index (χ1) is 11.6. The first kappa shape index (κ1) is 18.6. The highest BCUT2D eigenvalue weighted by Crippen LogP contribution is 2.30. The molecule has 0 bridgehead atoms. The summed E-state index contributed by atoms with van der Waals surface area (Å²) in [7, 11) is 0. The number of benzene rings is 1. The Labute approximate surface area is 170 Å². The van der Waals surface area contributed by atoms with Crippen LogP contribution in [0.15, 0.2) is 41.9 Å².